The maximum atomic E-state index is 14.2. The molecule has 0 aromatic heterocycles. The Balaban J connectivity index is 7.16. The Bertz CT molecular complexity index is 2440. The summed E-state index contributed by atoms with van der Waals surface area (Å²) in [5, 5.41) is 93.7. The van der Waals surface area contributed by atoms with Gasteiger partial charge in [0.1, 0.15) is 5.78 Å². The minimum absolute atomic E-state index is 0.0801. The number of nitrogens with one attached hydrogen (secondary N) is 4. The van der Waals surface area contributed by atoms with Crippen LogP contribution >= 0.6 is 0 Å². The second kappa shape index (κ2) is 40.6. The molecule has 32 heteroatoms. The summed E-state index contributed by atoms with van der Waals surface area (Å²) in [5.41, 5.74) is 5.78. The highest BCUT2D eigenvalue weighted by Gasteiger charge is 2.37. The summed E-state index contributed by atoms with van der Waals surface area (Å²) in [6.45, 7) is 1.76. The van der Waals surface area contributed by atoms with Crippen LogP contribution in [0.15, 0.2) is 0 Å². The van der Waals surface area contributed by atoms with Gasteiger partial charge in [-0.15, -0.1) is 0 Å². The third kappa shape index (κ3) is 34.6. The van der Waals surface area contributed by atoms with Crippen molar-refractivity contribution in [2.75, 3.05) is 0 Å². The van der Waals surface area contributed by atoms with E-state index in [1.54, 1.807) is 6.92 Å². The zero-order valence-electron chi connectivity index (χ0n) is 46.8. The summed E-state index contributed by atoms with van der Waals surface area (Å²) >= 11 is 0. The number of amides is 4. The third-order valence-electron chi connectivity index (χ3n) is 13.4. The summed E-state index contributed by atoms with van der Waals surface area (Å²) in [4.78, 5) is 228. The quantitative estimate of drug-likeness (QED) is 0.0384. The van der Waals surface area contributed by atoms with Gasteiger partial charge in [-0.05, 0) is 64.2 Å². The lowest BCUT2D eigenvalue weighted by atomic mass is 9.88. The first-order valence-corrected chi connectivity index (χ1v) is 27.2. The summed E-state index contributed by atoms with van der Waals surface area (Å²) in [7, 11) is 0. The van der Waals surface area contributed by atoms with Crippen LogP contribution in [0.25, 0.3) is 0 Å². The molecule has 15 N–H and O–H groups in total. The maximum Gasteiger partial charge on any atom is 0.303 e. The van der Waals surface area contributed by atoms with Gasteiger partial charge in [-0.25, -0.2) is 0 Å². The number of rotatable bonds is 51. The van der Waals surface area contributed by atoms with E-state index in [1.807, 2.05) is 0 Å². The van der Waals surface area contributed by atoms with Crippen LogP contribution in [0.5, 0.6) is 0 Å². The number of carboxylic acid groups (broad SMARTS) is 9. The average Bonchev–Trinajstić information content (AvgIpc) is 3.58. The minimum Gasteiger partial charge on any atom is -0.481 e. The fourth-order valence-corrected chi connectivity index (χ4v) is 8.49. The molecule has 0 spiro atoms. The molecule has 0 radical (unpaired) electrons. The second-order valence-corrected chi connectivity index (χ2v) is 20.3. The number of hydrogen-bond acceptors (Lipinski definition) is 19. The Morgan fingerprint density at radius 3 is 0.706 bits per heavy atom. The zero-order valence-corrected chi connectivity index (χ0v) is 46.8. The van der Waals surface area contributed by atoms with Crippen LogP contribution in [0.1, 0.15) is 167 Å². The highest BCUT2D eigenvalue weighted by molar-refractivity contribution is 5.99. The van der Waals surface area contributed by atoms with Gasteiger partial charge in [0, 0.05) is 114 Å². The number of nitrogens with two attached hydrogens (primary N) is 1. The lowest BCUT2D eigenvalue weighted by Gasteiger charge is -2.26. The molecule has 0 aliphatic rings. The Morgan fingerprint density at radius 2 is 0.482 bits per heavy atom. The van der Waals surface area contributed by atoms with E-state index in [9.17, 15) is 127 Å². The van der Waals surface area contributed by atoms with Crippen molar-refractivity contribution < 1.29 is 132 Å². The van der Waals surface area contributed by atoms with Gasteiger partial charge in [-0.1, -0.05) is 13.3 Å². The summed E-state index contributed by atoms with van der Waals surface area (Å²) < 4.78 is 0. The van der Waals surface area contributed by atoms with E-state index < -0.39 is 289 Å². The molecule has 476 valence electrons. The molecule has 0 saturated heterocycles. The Kier molecular flexibility index (Phi) is 36.5. The van der Waals surface area contributed by atoms with Gasteiger partial charge >= 0.3 is 53.7 Å². The van der Waals surface area contributed by atoms with Crippen molar-refractivity contribution in [3.63, 3.8) is 0 Å². The molecule has 85 heavy (non-hydrogen) atoms. The average molecular weight is 1220 g/mol. The lowest BCUT2D eigenvalue weighted by Crippen LogP contribution is -2.49. The highest BCUT2D eigenvalue weighted by Crippen LogP contribution is 2.23. The van der Waals surface area contributed by atoms with E-state index in [0.29, 0.717) is 12.8 Å². The number of carboxylic acids is 9. The van der Waals surface area contributed by atoms with Crippen LogP contribution in [0.2, 0.25) is 0 Å². The molecule has 4 amide bonds. The molecule has 0 unspecified atom stereocenters. The predicted molar refractivity (Wildman–Crippen MR) is 285 cm³/mol. The molecule has 0 aromatic rings. The summed E-state index contributed by atoms with van der Waals surface area (Å²) in [5.74, 6) is -29.6. The molecule has 0 heterocycles. The minimum atomic E-state index is -1.94. The molecular weight excluding hydrogens is 1140 g/mol. The number of carbonyl (C=O) groups excluding carboxylic acids is 9. The van der Waals surface area contributed by atoms with E-state index in [-0.39, 0.29) is 19.3 Å². The Morgan fingerprint density at radius 1 is 0.282 bits per heavy atom. The smallest absolute Gasteiger partial charge is 0.303 e. The van der Waals surface area contributed by atoms with Crippen LogP contribution in [0.4, 0.5) is 0 Å². The van der Waals surface area contributed by atoms with Gasteiger partial charge in [0.2, 0.25) is 23.6 Å². The Labute approximate surface area is 485 Å². The predicted octanol–water partition coefficient (Wildman–Crippen LogP) is 0.0970. The van der Waals surface area contributed by atoms with Crippen molar-refractivity contribution in [3.05, 3.63) is 0 Å². The number of Topliss-reactive ketones (excluding diaryl/α,β-unsaturated/α-hetero) is 5. The van der Waals surface area contributed by atoms with Crippen molar-refractivity contribution in [1.29, 1.82) is 0 Å². The molecule has 0 bridgehead atoms. The largest absolute Gasteiger partial charge is 0.481 e. The van der Waals surface area contributed by atoms with Crippen LogP contribution in [-0.4, -0.2) is 182 Å². The molecule has 0 aliphatic heterocycles. The first kappa shape index (κ1) is 76.4. The standard InChI is InChI=1S/C53H77N5O27/c1-2-3-4-36(59)32(10-19-46(74)75)55-51(83)28(6-15-42(66)67)24-38(61)34(12-21-48(78)79)57-53(85)30(8-17-44(70)71)26-40(63)35(13-22-49(80)81)58-52(84)29(7-16-43(68)69)25-39(62)33(11-20-47(76)77)56-50(82)27(5-14-41(64)65)23-37(60)31(54)9-18-45(72)73/h27-35H,2-26,54H2,1H3,(H,55,83)(H,56,82)(H,57,85)(H,58,84)(H,64,65)(H,66,67)(H,68,69)(H,70,71)(H,72,73)(H,74,75)(H,76,77)(H,78,79)(H,80,81)/t27-,28-,29-,30-,31+,32+,33+,34+,35+/m0/s1. The normalized spacial score (nSPS) is 14.1. The number of hydrogen-bond donors (Lipinski definition) is 14. The van der Waals surface area contributed by atoms with Crippen LogP contribution in [0.3, 0.4) is 0 Å². The SMILES string of the molecule is CCCCC(=O)[C@@H](CCC(=O)O)NC(=O)[C@@H](CCC(=O)O)CC(=O)[C@@H](CCC(=O)O)NC(=O)[C@@H](CCC(=O)O)CC(=O)[C@@H](CCC(=O)O)NC(=O)[C@@H](CCC(=O)O)CC(=O)[C@@H](CCC(=O)O)NC(=O)[C@@H](CCC(=O)O)CC(=O)[C@H](N)CCC(=O)O. The van der Waals surface area contributed by atoms with Crippen molar-refractivity contribution in [1.82, 2.24) is 21.3 Å². The first-order chi connectivity index (χ1) is 39.7. The molecular formula is C53H77N5O27. The summed E-state index contributed by atoms with van der Waals surface area (Å²) in [6, 6.07) is -8.43. The van der Waals surface area contributed by atoms with Crippen LogP contribution < -0.4 is 27.0 Å². The zero-order chi connectivity index (χ0) is 65.1. The van der Waals surface area contributed by atoms with E-state index in [0.717, 1.165) is 0 Å². The topological polar surface area (TPSA) is 563 Å². The first-order valence-electron chi connectivity index (χ1n) is 27.2. The van der Waals surface area contributed by atoms with Crippen LogP contribution in [0, 0.1) is 23.7 Å². The summed E-state index contributed by atoms with van der Waals surface area (Å²) in [6.07, 6.45) is -15.3. The molecule has 0 rings (SSSR count). The number of unbranched alkanes of at least 4 members (excludes halogenated alkanes) is 1. The van der Waals surface area contributed by atoms with E-state index in [2.05, 4.69) is 21.3 Å². The molecule has 0 saturated carbocycles. The van der Waals surface area contributed by atoms with Crippen molar-refractivity contribution in [2.45, 2.75) is 198 Å². The fraction of sp³-hybridized carbons (Fsp3) is 0.660. The van der Waals surface area contributed by atoms with Gasteiger partial charge in [-0.2, -0.15) is 0 Å². The van der Waals surface area contributed by atoms with Crippen molar-refractivity contribution in [2.24, 2.45) is 29.4 Å². The monoisotopic (exact) mass is 1220 g/mol. The van der Waals surface area contributed by atoms with Crippen molar-refractivity contribution in [3.8, 4) is 0 Å². The van der Waals surface area contributed by atoms with Gasteiger partial charge in [0.15, 0.2) is 23.1 Å². The van der Waals surface area contributed by atoms with Crippen LogP contribution in [-0.2, 0) is 86.3 Å². The number of carbonyl (C=O) groups is 18. The third-order valence-corrected chi connectivity index (χ3v) is 13.4. The van der Waals surface area contributed by atoms with E-state index in [1.165, 1.54) is 0 Å². The maximum absolute atomic E-state index is 14.2. The molecule has 9 atom stereocenters. The highest BCUT2D eigenvalue weighted by atomic mass is 16.4. The molecule has 0 aromatic carbocycles. The molecule has 0 fully saturated rings. The lowest BCUT2D eigenvalue weighted by molar-refractivity contribution is -0.141. The van der Waals surface area contributed by atoms with Gasteiger partial charge in [-0.3, -0.25) is 86.3 Å². The number of ketones is 5. The number of aliphatic carboxylic acids is 9. The fourth-order valence-electron chi connectivity index (χ4n) is 8.49. The molecule has 0 aliphatic carbocycles. The van der Waals surface area contributed by atoms with E-state index in [4.69, 9.17) is 10.8 Å². The van der Waals surface area contributed by atoms with Crippen molar-refractivity contribution >= 4 is 106 Å². The van der Waals surface area contributed by atoms with Gasteiger partial charge in [0.25, 0.3) is 0 Å². The second-order valence-electron chi connectivity index (χ2n) is 20.3. The Hall–Kier alpha value is -8.58. The van der Waals surface area contributed by atoms with Gasteiger partial charge < -0.3 is 73.0 Å². The van der Waals surface area contributed by atoms with Gasteiger partial charge in [0.05, 0.1) is 30.2 Å². The van der Waals surface area contributed by atoms with E-state index >= 15 is 0 Å². The molecule has 32 nitrogen and oxygen atoms in total.